The molecule has 0 aliphatic carbocycles. The Kier molecular flexibility index (Phi) is 4.10. The molecule has 0 unspecified atom stereocenters. The number of piperidine rings is 1. The van der Waals surface area contributed by atoms with Crippen LogP contribution in [0.2, 0.25) is 0 Å². The normalized spacial score (nSPS) is 18.2. The molecule has 1 N–H and O–H groups in total. The molecular weight excluding hydrogens is 242 g/mol. The zero-order valence-electron chi connectivity index (χ0n) is 11.6. The van der Waals surface area contributed by atoms with Gasteiger partial charge < -0.3 is 14.7 Å². The third kappa shape index (κ3) is 3.26. The lowest BCUT2D eigenvalue weighted by Gasteiger charge is -2.36. The number of ether oxygens (including phenoxy) is 1. The van der Waals surface area contributed by atoms with Crippen molar-refractivity contribution in [2.75, 3.05) is 19.7 Å². The molecule has 1 heterocycles. The van der Waals surface area contributed by atoms with Crippen LogP contribution in [-0.2, 0) is 0 Å². The van der Waals surface area contributed by atoms with Crippen molar-refractivity contribution in [1.82, 2.24) is 4.90 Å². The van der Waals surface area contributed by atoms with Crippen molar-refractivity contribution in [3.63, 3.8) is 0 Å². The summed E-state index contributed by atoms with van der Waals surface area (Å²) in [4.78, 5) is 14.3. The number of nitrogens with zero attached hydrogens (tertiary/aromatic N) is 1. The number of likely N-dealkylation sites (tertiary alicyclic amines) is 1. The van der Waals surface area contributed by atoms with E-state index in [0.717, 1.165) is 0 Å². The van der Waals surface area contributed by atoms with Crippen LogP contribution in [-0.4, -0.2) is 41.2 Å². The Hall–Kier alpha value is -1.55. The van der Waals surface area contributed by atoms with Gasteiger partial charge >= 0.3 is 0 Å². The average molecular weight is 263 g/mol. The van der Waals surface area contributed by atoms with E-state index in [1.165, 1.54) is 0 Å². The maximum Gasteiger partial charge on any atom is 0.257 e. The van der Waals surface area contributed by atoms with Crippen molar-refractivity contribution in [3.8, 4) is 5.75 Å². The molecule has 104 valence electrons. The monoisotopic (exact) mass is 263 g/mol. The number of carbonyl (C=O) groups excluding carboxylic acids is 1. The van der Waals surface area contributed by atoms with Crippen LogP contribution in [0, 0.1) is 0 Å². The number of para-hydroxylation sites is 1. The molecule has 0 saturated carbocycles. The van der Waals surface area contributed by atoms with Gasteiger partial charge in [-0.2, -0.15) is 0 Å². The molecule has 4 heteroatoms. The highest BCUT2D eigenvalue weighted by molar-refractivity contribution is 5.97. The lowest BCUT2D eigenvalue weighted by atomic mass is 9.93. The van der Waals surface area contributed by atoms with E-state index in [1.54, 1.807) is 11.0 Å². The highest BCUT2D eigenvalue weighted by atomic mass is 16.5. The molecule has 1 aromatic rings. The van der Waals surface area contributed by atoms with E-state index >= 15 is 0 Å². The van der Waals surface area contributed by atoms with E-state index in [9.17, 15) is 9.90 Å². The average Bonchev–Trinajstić information content (AvgIpc) is 2.39. The topological polar surface area (TPSA) is 49.8 Å². The molecule has 1 amide bonds. The SMILES string of the molecule is CCOc1ccccc1C(=O)N1CCC(C)(O)CC1. The first-order valence-corrected chi connectivity index (χ1v) is 6.77. The van der Waals surface area contributed by atoms with Gasteiger partial charge in [-0.05, 0) is 38.8 Å². The summed E-state index contributed by atoms with van der Waals surface area (Å²) in [5.74, 6) is 0.617. The first-order chi connectivity index (χ1) is 9.03. The van der Waals surface area contributed by atoms with Crippen LogP contribution >= 0.6 is 0 Å². The van der Waals surface area contributed by atoms with E-state index in [-0.39, 0.29) is 5.91 Å². The van der Waals surface area contributed by atoms with E-state index in [0.29, 0.717) is 43.9 Å². The van der Waals surface area contributed by atoms with Crippen molar-refractivity contribution >= 4 is 5.91 Å². The van der Waals surface area contributed by atoms with Gasteiger partial charge in [-0.3, -0.25) is 4.79 Å². The number of rotatable bonds is 3. The standard InChI is InChI=1S/C15H21NO3/c1-3-19-13-7-5-4-6-12(13)14(17)16-10-8-15(2,18)9-11-16/h4-7,18H,3,8-11H2,1-2H3. The third-order valence-electron chi connectivity index (χ3n) is 3.55. The molecule has 1 aliphatic heterocycles. The largest absolute Gasteiger partial charge is 0.493 e. The van der Waals surface area contributed by atoms with Gasteiger partial charge in [0.1, 0.15) is 5.75 Å². The maximum atomic E-state index is 12.5. The fourth-order valence-corrected chi connectivity index (χ4v) is 2.29. The molecule has 19 heavy (non-hydrogen) atoms. The summed E-state index contributed by atoms with van der Waals surface area (Å²) in [6.45, 7) is 5.44. The number of benzene rings is 1. The molecule has 4 nitrogen and oxygen atoms in total. The quantitative estimate of drug-likeness (QED) is 0.908. The Labute approximate surface area is 114 Å². The molecule has 1 aliphatic rings. The van der Waals surface area contributed by atoms with Crippen LogP contribution in [0.4, 0.5) is 0 Å². The zero-order chi connectivity index (χ0) is 13.9. The van der Waals surface area contributed by atoms with Gasteiger partial charge in [0.25, 0.3) is 5.91 Å². The minimum Gasteiger partial charge on any atom is -0.493 e. The van der Waals surface area contributed by atoms with E-state index in [2.05, 4.69) is 0 Å². The van der Waals surface area contributed by atoms with Gasteiger partial charge in [0.15, 0.2) is 0 Å². The van der Waals surface area contributed by atoms with Crippen molar-refractivity contribution < 1.29 is 14.6 Å². The van der Waals surface area contributed by atoms with E-state index in [4.69, 9.17) is 4.74 Å². The lowest BCUT2D eigenvalue weighted by molar-refractivity contribution is -0.00210. The van der Waals surface area contributed by atoms with Crippen LogP contribution in [0.15, 0.2) is 24.3 Å². The van der Waals surface area contributed by atoms with Crippen molar-refractivity contribution in [1.29, 1.82) is 0 Å². The summed E-state index contributed by atoms with van der Waals surface area (Å²) < 4.78 is 5.49. The van der Waals surface area contributed by atoms with Crippen molar-refractivity contribution in [2.24, 2.45) is 0 Å². The van der Waals surface area contributed by atoms with Crippen LogP contribution in [0.1, 0.15) is 37.0 Å². The van der Waals surface area contributed by atoms with E-state index < -0.39 is 5.60 Å². The fraction of sp³-hybridized carbons (Fsp3) is 0.533. The predicted molar refractivity (Wildman–Crippen MR) is 73.4 cm³/mol. The van der Waals surface area contributed by atoms with Gasteiger partial charge in [0.05, 0.1) is 17.8 Å². The number of aliphatic hydroxyl groups is 1. The second-order valence-corrected chi connectivity index (χ2v) is 5.22. The Morgan fingerprint density at radius 2 is 2.00 bits per heavy atom. The number of amides is 1. The fourth-order valence-electron chi connectivity index (χ4n) is 2.29. The highest BCUT2D eigenvalue weighted by Crippen LogP contribution is 2.25. The third-order valence-corrected chi connectivity index (χ3v) is 3.55. The predicted octanol–water partition coefficient (Wildman–Crippen LogP) is 2.07. The summed E-state index contributed by atoms with van der Waals surface area (Å²) in [7, 11) is 0. The minimum absolute atomic E-state index is 0.0143. The second kappa shape index (κ2) is 5.61. The Morgan fingerprint density at radius 3 is 2.63 bits per heavy atom. The summed E-state index contributed by atoms with van der Waals surface area (Å²) in [6, 6.07) is 7.32. The highest BCUT2D eigenvalue weighted by Gasteiger charge is 2.30. The summed E-state index contributed by atoms with van der Waals surface area (Å²) in [5, 5.41) is 9.92. The Bertz CT molecular complexity index is 446. The molecular formula is C15H21NO3. The maximum absolute atomic E-state index is 12.5. The smallest absolute Gasteiger partial charge is 0.257 e. The molecule has 2 rings (SSSR count). The minimum atomic E-state index is -0.643. The van der Waals surface area contributed by atoms with Crippen LogP contribution in [0.25, 0.3) is 0 Å². The summed E-state index contributed by atoms with van der Waals surface area (Å²) >= 11 is 0. The molecule has 1 fully saturated rings. The van der Waals surface area contributed by atoms with Crippen LogP contribution in [0.5, 0.6) is 5.75 Å². The first kappa shape index (κ1) is 13.9. The summed E-state index contributed by atoms with van der Waals surface area (Å²) in [5.41, 5.74) is -0.0400. The molecule has 0 aromatic heterocycles. The van der Waals surface area contributed by atoms with Gasteiger partial charge in [-0.15, -0.1) is 0 Å². The number of carbonyl (C=O) groups is 1. The van der Waals surface area contributed by atoms with Crippen LogP contribution in [0.3, 0.4) is 0 Å². The molecule has 1 aromatic carbocycles. The lowest BCUT2D eigenvalue weighted by Crippen LogP contribution is -2.45. The molecule has 0 atom stereocenters. The van der Waals surface area contributed by atoms with Crippen molar-refractivity contribution in [3.05, 3.63) is 29.8 Å². The van der Waals surface area contributed by atoms with Gasteiger partial charge in [-0.25, -0.2) is 0 Å². The Balaban J connectivity index is 2.12. The first-order valence-electron chi connectivity index (χ1n) is 6.77. The van der Waals surface area contributed by atoms with Gasteiger partial charge in [-0.1, -0.05) is 12.1 Å². The molecule has 1 saturated heterocycles. The number of hydrogen-bond donors (Lipinski definition) is 1. The Morgan fingerprint density at radius 1 is 1.37 bits per heavy atom. The second-order valence-electron chi connectivity index (χ2n) is 5.22. The molecule has 0 radical (unpaired) electrons. The summed E-state index contributed by atoms with van der Waals surface area (Å²) in [6.07, 6.45) is 1.24. The van der Waals surface area contributed by atoms with Crippen LogP contribution < -0.4 is 4.74 Å². The van der Waals surface area contributed by atoms with E-state index in [1.807, 2.05) is 32.0 Å². The van der Waals surface area contributed by atoms with Crippen molar-refractivity contribution in [2.45, 2.75) is 32.3 Å². The van der Waals surface area contributed by atoms with Gasteiger partial charge in [0, 0.05) is 13.1 Å². The zero-order valence-corrected chi connectivity index (χ0v) is 11.6. The van der Waals surface area contributed by atoms with Gasteiger partial charge in [0.2, 0.25) is 0 Å². The number of hydrogen-bond acceptors (Lipinski definition) is 3. The molecule has 0 spiro atoms. The molecule has 0 bridgehead atoms.